The Morgan fingerprint density at radius 3 is 2.87 bits per heavy atom. The topological polar surface area (TPSA) is 80.0 Å². The zero-order chi connectivity index (χ0) is 20.8. The average molecular weight is 424 g/mol. The number of fused-ring (bicyclic) bond motifs is 1. The van der Waals surface area contributed by atoms with Crippen LogP contribution in [0.1, 0.15) is 42.6 Å². The summed E-state index contributed by atoms with van der Waals surface area (Å²) >= 11 is 6.51. The highest BCUT2D eigenvalue weighted by Crippen LogP contribution is 2.35. The minimum atomic E-state index is -0.107. The number of hydrogen-bond acceptors (Lipinski definition) is 6. The van der Waals surface area contributed by atoms with Gasteiger partial charge in [-0.3, -0.25) is 9.69 Å². The van der Waals surface area contributed by atoms with Crippen molar-refractivity contribution in [2.75, 3.05) is 16.3 Å². The van der Waals surface area contributed by atoms with Crippen molar-refractivity contribution in [3.05, 3.63) is 46.9 Å². The van der Waals surface area contributed by atoms with E-state index < -0.39 is 0 Å². The van der Waals surface area contributed by atoms with Gasteiger partial charge in [-0.2, -0.15) is 0 Å². The fourth-order valence-electron chi connectivity index (χ4n) is 4.23. The summed E-state index contributed by atoms with van der Waals surface area (Å²) in [6.07, 6.45) is 3.92. The van der Waals surface area contributed by atoms with E-state index in [1.807, 2.05) is 35.8 Å². The van der Waals surface area contributed by atoms with Gasteiger partial charge in [0, 0.05) is 24.7 Å². The van der Waals surface area contributed by atoms with Gasteiger partial charge in [0.15, 0.2) is 5.82 Å². The maximum atomic E-state index is 13.3. The van der Waals surface area contributed by atoms with E-state index in [0.717, 1.165) is 37.3 Å². The summed E-state index contributed by atoms with van der Waals surface area (Å²) in [6, 6.07) is 7.84. The maximum Gasteiger partial charge on any atom is 0.260 e. The molecule has 0 N–H and O–H groups in total. The highest BCUT2D eigenvalue weighted by atomic mass is 35.5. The Bertz CT molecular complexity index is 1130. The number of rotatable bonds is 4. The number of aromatic nitrogens is 5. The lowest BCUT2D eigenvalue weighted by Crippen LogP contribution is -2.27. The molecule has 0 aromatic carbocycles. The predicted molar refractivity (Wildman–Crippen MR) is 115 cm³/mol. The molecule has 3 aromatic rings. The van der Waals surface area contributed by atoms with E-state index in [9.17, 15) is 4.79 Å². The van der Waals surface area contributed by atoms with Crippen LogP contribution in [0.3, 0.4) is 0 Å². The van der Waals surface area contributed by atoms with Crippen molar-refractivity contribution in [1.29, 1.82) is 0 Å². The smallest absolute Gasteiger partial charge is 0.260 e. The lowest BCUT2D eigenvalue weighted by atomic mass is 10.1. The van der Waals surface area contributed by atoms with Gasteiger partial charge >= 0.3 is 0 Å². The van der Waals surface area contributed by atoms with Crippen LogP contribution in [0.2, 0.25) is 5.15 Å². The Kier molecular flexibility index (Phi) is 4.66. The molecule has 1 saturated heterocycles. The first-order chi connectivity index (χ1) is 14.6. The number of carbonyl (C=O) groups excluding carboxylic acids is 1. The number of hydrogen-bond donors (Lipinski definition) is 0. The highest BCUT2D eigenvalue weighted by molar-refractivity contribution is 6.31. The second-order valence-corrected chi connectivity index (χ2v) is 8.05. The summed E-state index contributed by atoms with van der Waals surface area (Å²) in [4.78, 5) is 26.4. The standard InChI is InChI=1S/C21H22ClN7O/c1-3-27-12-23-26-20(27)16-7-4-8-17(24-16)29-11-15-14(21(29)30)10-18(25-19(15)22)28-9-5-6-13(28)2/h4,7-8,10,12-13H,3,5-6,9,11H2,1-2H3/t13-/m1/s1. The predicted octanol–water partition coefficient (Wildman–Crippen LogP) is 3.56. The quantitative estimate of drug-likeness (QED) is 0.597. The Balaban J connectivity index is 1.49. The highest BCUT2D eigenvalue weighted by Gasteiger charge is 2.34. The van der Waals surface area contributed by atoms with E-state index in [1.165, 1.54) is 0 Å². The minimum Gasteiger partial charge on any atom is -0.354 e. The van der Waals surface area contributed by atoms with Crippen molar-refractivity contribution in [2.24, 2.45) is 0 Å². The molecule has 0 saturated carbocycles. The number of carbonyl (C=O) groups is 1. The van der Waals surface area contributed by atoms with Gasteiger partial charge in [-0.1, -0.05) is 17.7 Å². The second kappa shape index (κ2) is 7.36. The fraction of sp³-hybridized carbons (Fsp3) is 0.381. The molecule has 3 aromatic heterocycles. The number of halogens is 1. The van der Waals surface area contributed by atoms with Crippen LogP contribution in [0.15, 0.2) is 30.6 Å². The summed E-state index contributed by atoms with van der Waals surface area (Å²) in [5, 5.41) is 8.53. The van der Waals surface area contributed by atoms with E-state index >= 15 is 0 Å². The third-order valence-electron chi connectivity index (χ3n) is 5.90. The Morgan fingerprint density at radius 2 is 2.10 bits per heavy atom. The summed E-state index contributed by atoms with van der Waals surface area (Å²) in [5.74, 6) is 1.90. The van der Waals surface area contributed by atoms with Gasteiger partial charge in [0.2, 0.25) is 0 Å². The van der Waals surface area contributed by atoms with E-state index in [0.29, 0.717) is 40.6 Å². The summed E-state index contributed by atoms with van der Waals surface area (Å²) < 4.78 is 1.91. The molecule has 0 aliphatic carbocycles. The third-order valence-corrected chi connectivity index (χ3v) is 6.21. The van der Waals surface area contributed by atoms with Crippen LogP contribution in [0.5, 0.6) is 0 Å². The monoisotopic (exact) mass is 423 g/mol. The van der Waals surface area contributed by atoms with Gasteiger partial charge in [-0.25, -0.2) is 9.97 Å². The van der Waals surface area contributed by atoms with Gasteiger partial charge in [-0.05, 0) is 44.9 Å². The summed E-state index contributed by atoms with van der Waals surface area (Å²) in [5.41, 5.74) is 2.03. The van der Waals surface area contributed by atoms with Gasteiger partial charge in [-0.15, -0.1) is 10.2 Å². The first kappa shape index (κ1) is 19.0. The molecule has 0 spiro atoms. The van der Waals surface area contributed by atoms with Crippen molar-refractivity contribution in [1.82, 2.24) is 24.7 Å². The molecule has 5 heterocycles. The molecular weight excluding hydrogens is 402 g/mol. The van der Waals surface area contributed by atoms with Gasteiger partial charge < -0.3 is 9.47 Å². The Hall–Kier alpha value is -3.00. The molecule has 5 rings (SSSR count). The molecule has 0 unspecified atom stereocenters. The average Bonchev–Trinajstić information content (AvgIpc) is 3.47. The number of aryl methyl sites for hydroxylation is 1. The van der Waals surface area contributed by atoms with Crippen LogP contribution in [-0.2, 0) is 13.1 Å². The first-order valence-corrected chi connectivity index (χ1v) is 10.6. The first-order valence-electron chi connectivity index (χ1n) is 10.2. The van der Waals surface area contributed by atoms with Crippen LogP contribution in [0.4, 0.5) is 11.6 Å². The van der Waals surface area contributed by atoms with Crippen LogP contribution in [0.25, 0.3) is 11.5 Å². The normalized spacial score (nSPS) is 18.4. The van der Waals surface area contributed by atoms with Crippen molar-refractivity contribution in [3.8, 4) is 11.5 Å². The SMILES string of the molecule is CCn1cnnc1-c1cccc(N2Cc3c(cc(N4CCC[C@H]4C)nc3Cl)C2=O)n1. The maximum absolute atomic E-state index is 13.3. The Labute approximate surface area is 179 Å². The second-order valence-electron chi connectivity index (χ2n) is 7.69. The van der Waals surface area contributed by atoms with Crippen molar-refractivity contribution >= 4 is 29.1 Å². The van der Waals surface area contributed by atoms with E-state index in [1.54, 1.807) is 11.2 Å². The third kappa shape index (κ3) is 3.02. The summed E-state index contributed by atoms with van der Waals surface area (Å²) in [6.45, 7) is 6.22. The molecular formula is C21H22ClN7O. The van der Waals surface area contributed by atoms with Crippen LogP contribution in [-0.4, -0.2) is 43.2 Å². The van der Waals surface area contributed by atoms with Gasteiger partial charge in [0.1, 0.15) is 28.8 Å². The lowest BCUT2D eigenvalue weighted by molar-refractivity contribution is 0.0996. The van der Waals surface area contributed by atoms with Gasteiger partial charge in [0.05, 0.1) is 12.1 Å². The van der Waals surface area contributed by atoms with Gasteiger partial charge in [0.25, 0.3) is 5.91 Å². The zero-order valence-corrected chi connectivity index (χ0v) is 17.7. The van der Waals surface area contributed by atoms with E-state index in [4.69, 9.17) is 11.6 Å². The van der Waals surface area contributed by atoms with Crippen molar-refractivity contribution in [3.63, 3.8) is 0 Å². The molecule has 2 aliphatic heterocycles. The molecule has 1 fully saturated rings. The molecule has 30 heavy (non-hydrogen) atoms. The van der Waals surface area contributed by atoms with Crippen LogP contribution >= 0.6 is 11.6 Å². The molecule has 9 heteroatoms. The number of amides is 1. The number of anilines is 2. The molecule has 0 bridgehead atoms. The van der Waals surface area contributed by atoms with Crippen molar-refractivity contribution in [2.45, 2.75) is 45.8 Å². The zero-order valence-electron chi connectivity index (χ0n) is 16.9. The molecule has 154 valence electrons. The molecule has 2 aliphatic rings. The van der Waals surface area contributed by atoms with Crippen molar-refractivity contribution < 1.29 is 4.79 Å². The van der Waals surface area contributed by atoms with Crippen LogP contribution < -0.4 is 9.80 Å². The Morgan fingerprint density at radius 1 is 1.23 bits per heavy atom. The fourth-order valence-corrected chi connectivity index (χ4v) is 4.48. The number of pyridine rings is 2. The van der Waals surface area contributed by atoms with E-state index in [-0.39, 0.29) is 5.91 Å². The number of nitrogens with zero attached hydrogens (tertiary/aromatic N) is 7. The minimum absolute atomic E-state index is 0.107. The lowest BCUT2D eigenvalue weighted by Gasteiger charge is -2.23. The molecule has 1 amide bonds. The molecule has 0 radical (unpaired) electrons. The molecule has 8 nitrogen and oxygen atoms in total. The largest absolute Gasteiger partial charge is 0.354 e. The summed E-state index contributed by atoms with van der Waals surface area (Å²) in [7, 11) is 0. The molecule has 1 atom stereocenters. The van der Waals surface area contributed by atoms with E-state index in [2.05, 4.69) is 32.0 Å². The van der Waals surface area contributed by atoms with Crippen LogP contribution in [0, 0.1) is 0 Å².